The summed E-state index contributed by atoms with van der Waals surface area (Å²) in [6.07, 6.45) is 5.74. The van der Waals surface area contributed by atoms with Gasteiger partial charge in [0.05, 0.1) is 11.0 Å². The van der Waals surface area contributed by atoms with E-state index in [1.807, 2.05) is 25.2 Å². The van der Waals surface area contributed by atoms with Crippen molar-refractivity contribution in [3.63, 3.8) is 0 Å². The zero-order valence-electron chi connectivity index (χ0n) is 17.9. The smallest absolute Gasteiger partial charge is 0.329 e. The summed E-state index contributed by atoms with van der Waals surface area (Å²) in [6.45, 7) is 2.61. The summed E-state index contributed by atoms with van der Waals surface area (Å²) >= 11 is 0. The van der Waals surface area contributed by atoms with Crippen LogP contribution in [-0.2, 0) is 27.8 Å². The predicted octanol–water partition coefficient (Wildman–Crippen LogP) is 1.66. The summed E-state index contributed by atoms with van der Waals surface area (Å²) in [4.78, 5) is 36.5. The summed E-state index contributed by atoms with van der Waals surface area (Å²) in [6, 6.07) is 5.31. The first-order valence-electron chi connectivity index (χ1n) is 10.8. The van der Waals surface area contributed by atoms with Crippen LogP contribution >= 0.6 is 0 Å². The van der Waals surface area contributed by atoms with Crippen molar-refractivity contribution < 1.29 is 14.3 Å². The highest BCUT2D eigenvalue weighted by Gasteiger charge is 2.31. The molecule has 30 heavy (non-hydrogen) atoms. The van der Waals surface area contributed by atoms with Crippen molar-refractivity contribution in [2.45, 2.75) is 51.0 Å². The number of nitrogens with one attached hydrogen (secondary N) is 2. The Morgan fingerprint density at radius 2 is 1.87 bits per heavy atom. The lowest BCUT2D eigenvalue weighted by molar-refractivity contribution is -0.135. The Morgan fingerprint density at radius 3 is 2.60 bits per heavy atom. The Bertz CT molecular complexity index is 946. The molecule has 8 heteroatoms. The van der Waals surface area contributed by atoms with Gasteiger partial charge in [0.25, 0.3) is 0 Å². The second-order valence-electron chi connectivity index (χ2n) is 7.88. The molecule has 8 nitrogen and oxygen atoms in total. The van der Waals surface area contributed by atoms with E-state index in [2.05, 4.69) is 10.6 Å². The number of aryl methyl sites for hydroxylation is 2. The summed E-state index contributed by atoms with van der Waals surface area (Å²) in [7, 11) is 3.68. The van der Waals surface area contributed by atoms with Crippen molar-refractivity contribution in [1.29, 1.82) is 0 Å². The molecule has 1 saturated heterocycles. The number of carbonyl (C=O) groups excluding carboxylic acids is 2. The number of carbonyl (C=O) groups is 2. The molecule has 1 aromatic heterocycles. The molecule has 0 bridgehead atoms. The Hall–Kier alpha value is -2.45. The monoisotopic (exact) mass is 416 g/mol. The number of benzene rings is 1. The van der Waals surface area contributed by atoms with E-state index in [0.29, 0.717) is 6.42 Å². The van der Waals surface area contributed by atoms with Crippen molar-refractivity contribution in [2.75, 3.05) is 26.8 Å². The van der Waals surface area contributed by atoms with Crippen LogP contribution in [0, 0.1) is 0 Å². The molecule has 2 N–H and O–H groups in total. The SMILES string of the molecule is CNCCCCOCCCCc1ccc2c(c1)n(C)c(=O)n2C1CCC(=O)NC1=O. The molecule has 1 atom stereocenters. The molecule has 0 radical (unpaired) electrons. The molecule has 2 heterocycles. The van der Waals surface area contributed by atoms with Crippen molar-refractivity contribution in [3.8, 4) is 0 Å². The summed E-state index contributed by atoms with van der Waals surface area (Å²) < 4.78 is 8.77. The van der Waals surface area contributed by atoms with E-state index >= 15 is 0 Å². The third-order valence-corrected chi connectivity index (χ3v) is 5.65. The second-order valence-corrected chi connectivity index (χ2v) is 7.88. The molecule has 0 saturated carbocycles. The number of rotatable bonds is 11. The first kappa shape index (κ1) is 22.2. The number of aromatic nitrogens is 2. The van der Waals surface area contributed by atoms with Crippen LogP contribution in [0.4, 0.5) is 0 Å². The van der Waals surface area contributed by atoms with E-state index in [1.54, 1.807) is 11.6 Å². The number of unbranched alkanes of at least 4 members (excludes halogenated alkanes) is 2. The predicted molar refractivity (Wildman–Crippen MR) is 116 cm³/mol. The molecule has 1 aliphatic rings. The fourth-order valence-corrected chi connectivity index (χ4v) is 3.94. The van der Waals surface area contributed by atoms with Crippen LogP contribution < -0.4 is 16.3 Å². The number of imide groups is 1. The number of hydrogen-bond donors (Lipinski definition) is 2. The molecular weight excluding hydrogens is 384 g/mol. The average Bonchev–Trinajstić information content (AvgIpc) is 2.97. The maximum atomic E-state index is 12.8. The Kier molecular flexibility index (Phi) is 7.81. The van der Waals surface area contributed by atoms with Crippen LogP contribution in [0.1, 0.15) is 50.1 Å². The van der Waals surface area contributed by atoms with E-state index in [0.717, 1.165) is 68.5 Å². The molecule has 2 amide bonds. The fourth-order valence-electron chi connectivity index (χ4n) is 3.94. The van der Waals surface area contributed by atoms with Crippen LogP contribution in [-0.4, -0.2) is 47.8 Å². The number of hydrogen-bond acceptors (Lipinski definition) is 5. The van der Waals surface area contributed by atoms with Gasteiger partial charge in [-0.1, -0.05) is 6.07 Å². The molecule has 3 rings (SSSR count). The quantitative estimate of drug-likeness (QED) is 0.429. The van der Waals surface area contributed by atoms with E-state index in [9.17, 15) is 14.4 Å². The largest absolute Gasteiger partial charge is 0.381 e. The van der Waals surface area contributed by atoms with Crippen LogP contribution in [0.25, 0.3) is 11.0 Å². The van der Waals surface area contributed by atoms with Crippen LogP contribution in [0.3, 0.4) is 0 Å². The fraction of sp³-hybridized carbons (Fsp3) is 0.591. The highest BCUT2D eigenvalue weighted by Crippen LogP contribution is 2.24. The van der Waals surface area contributed by atoms with Crippen molar-refractivity contribution >= 4 is 22.8 Å². The van der Waals surface area contributed by atoms with Gasteiger partial charge in [0.1, 0.15) is 6.04 Å². The molecule has 0 aliphatic carbocycles. The third-order valence-electron chi connectivity index (χ3n) is 5.65. The Labute approximate surface area is 176 Å². The number of ether oxygens (including phenoxy) is 1. The molecule has 164 valence electrons. The lowest BCUT2D eigenvalue weighted by Gasteiger charge is -2.21. The van der Waals surface area contributed by atoms with Gasteiger partial charge in [-0.15, -0.1) is 0 Å². The molecular formula is C22H32N4O4. The molecule has 2 aromatic rings. The average molecular weight is 417 g/mol. The maximum absolute atomic E-state index is 12.8. The van der Waals surface area contributed by atoms with Gasteiger partial charge in [-0.25, -0.2) is 4.79 Å². The number of nitrogens with zero attached hydrogens (tertiary/aromatic N) is 2. The first-order valence-corrected chi connectivity index (χ1v) is 10.8. The van der Waals surface area contributed by atoms with Gasteiger partial charge in [0, 0.05) is 26.7 Å². The van der Waals surface area contributed by atoms with Crippen molar-refractivity contribution in [2.24, 2.45) is 7.05 Å². The topological polar surface area (TPSA) is 94.4 Å². The molecule has 1 aliphatic heterocycles. The molecule has 0 spiro atoms. The second kappa shape index (κ2) is 10.5. The zero-order valence-corrected chi connectivity index (χ0v) is 17.9. The highest BCUT2D eigenvalue weighted by atomic mass is 16.5. The minimum Gasteiger partial charge on any atom is -0.381 e. The number of amides is 2. The number of fused-ring (bicyclic) bond motifs is 1. The van der Waals surface area contributed by atoms with Gasteiger partial charge in [-0.05, 0) is 69.8 Å². The number of piperidine rings is 1. The van der Waals surface area contributed by atoms with E-state index in [-0.39, 0.29) is 18.0 Å². The minimum atomic E-state index is -0.644. The first-order chi connectivity index (χ1) is 14.5. The maximum Gasteiger partial charge on any atom is 0.329 e. The van der Waals surface area contributed by atoms with Gasteiger partial charge in [-0.3, -0.25) is 24.0 Å². The van der Waals surface area contributed by atoms with Gasteiger partial charge >= 0.3 is 5.69 Å². The van der Waals surface area contributed by atoms with Gasteiger partial charge in [-0.2, -0.15) is 0 Å². The van der Waals surface area contributed by atoms with Gasteiger partial charge in [0.2, 0.25) is 11.8 Å². The van der Waals surface area contributed by atoms with Crippen LogP contribution in [0.15, 0.2) is 23.0 Å². The normalized spacial score (nSPS) is 16.9. The van der Waals surface area contributed by atoms with Crippen LogP contribution in [0.2, 0.25) is 0 Å². The van der Waals surface area contributed by atoms with E-state index in [1.165, 1.54) is 4.57 Å². The minimum absolute atomic E-state index is 0.233. The molecule has 1 aromatic carbocycles. The van der Waals surface area contributed by atoms with Crippen molar-refractivity contribution in [3.05, 3.63) is 34.2 Å². The highest BCUT2D eigenvalue weighted by molar-refractivity contribution is 6.00. The zero-order chi connectivity index (χ0) is 21.5. The third kappa shape index (κ3) is 5.17. The lowest BCUT2D eigenvalue weighted by atomic mass is 10.0. The standard InChI is InChI=1S/C22H32N4O4/c1-23-12-4-6-14-30-13-5-3-7-16-8-9-17-19(15-16)25(2)22(29)26(17)18-10-11-20(27)24-21(18)28/h8-9,15,18,23H,3-7,10-14H2,1-2H3,(H,24,27,28). The Balaban J connectivity index is 1.59. The summed E-state index contributed by atoms with van der Waals surface area (Å²) in [5.74, 6) is -0.690. The number of imidazole rings is 1. The van der Waals surface area contributed by atoms with Gasteiger partial charge < -0.3 is 10.1 Å². The Morgan fingerprint density at radius 1 is 1.10 bits per heavy atom. The summed E-state index contributed by atoms with van der Waals surface area (Å²) in [5, 5.41) is 5.47. The summed E-state index contributed by atoms with van der Waals surface area (Å²) in [5.41, 5.74) is 2.46. The molecule has 1 fully saturated rings. The van der Waals surface area contributed by atoms with E-state index in [4.69, 9.17) is 4.74 Å². The van der Waals surface area contributed by atoms with Gasteiger partial charge in [0.15, 0.2) is 0 Å². The van der Waals surface area contributed by atoms with Crippen LogP contribution in [0.5, 0.6) is 0 Å². The lowest BCUT2D eigenvalue weighted by Crippen LogP contribution is -2.44. The van der Waals surface area contributed by atoms with E-state index < -0.39 is 11.9 Å². The molecule has 1 unspecified atom stereocenters. The van der Waals surface area contributed by atoms with Crippen molar-refractivity contribution in [1.82, 2.24) is 19.8 Å².